The molecule has 0 aliphatic heterocycles. The molecule has 1 amide bonds. The Morgan fingerprint density at radius 3 is 2.72 bits per heavy atom. The minimum Gasteiger partial charge on any atom is -0.444 e. The molecular weight excluding hydrogens is 230 g/mol. The Bertz CT molecular complexity index is 317. The van der Waals surface area contributed by atoms with E-state index in [1.807, 2.05) is 20.8 Å². The first kappa shape index (κ1) is 14.8. The van der Waals surface area contributed by atoms with Crippen molar-refractivity contribution in [1.82, 2.24) is 10.6 Å². The van der Waals surface area contributed by atoms with Gasteiger partial charge in [0, 0.05) is 19.1 Å². The standard InChI is InChI=1S/C13H23N3O2/c1-13(2,3)18-12(17)16-8-7-15-11-6-4-5-10(11)9-14/h10-11,15H,4-8H2,1-3H3,(H,16,17). The van der Waals surface area contributed by atoms with Crippen LogP contribution in [-0.2, 0) is 4.74 Å². The van der Waals surface area contributed by atoms with E-state index >= 15 is 0 Å². The summed E-state index contributed by atoms with van der Waals surface area (Å²) in [5.41, 5.74) is -0.463. The number of nitrogens with zero attached hydrogens (tertiary/aromatic N) is 1. The van der Waals surface area contributed by atoms with E-state index in [9.17, 15) is 4.79 Å². The maximum atomic E-state index is 11.4. The molecule has 102 valence electrons. The van der Waals surface area contributed by atoms with E-state index in [0.717, 1.165) is 19.3 Å². The van der Waals surface area contributed by atoms with Gasteiger partial charge in [-0.05, 0) is 33.6 Å². The molecule has 2 unspecified atom stereocenters. The van der Waals surface area contributed by atoms with Gasteiger partial charge in [-0.2, -0.15) is 5.26 Å². The van der Waals surface area contributed by atoms with Gasteiger partial charge in [-0.15, -0.1) is 0 Å². The molecule has 0 aromatic rings. The molecule has 5 nitrogen and oxygen atoms in total. The maximum Gasteiger partial charge on any atom is 0.407 e. The van der Waals surface area contributed by atoms with Crippen LogP contribution in [0, 0.1) is 17.2 Å². The fraction of sp³-hybridized carbons (Fsp3) is 0.846. The molecule has 1 aliphatic carbocycles. The highest BCUT2D eigenvalue weighted by Crippen LogP contribution is 2.24. The van der Waals surface area contributed by atoms with Gasteiger partial charge in [0.1, 0.15) is 5.60 Å². The van der Waals surface area contributed by atoms with Crippen molar-refractivity contribution >= 4 is 6.09 Å². The number of alkyl carbamates (subject to hydrolysis) is 1. The number of amides is 1. The largest absolute Gasteiger partial charge is 0.444 e. The second kappa shape index (κ2) is 6.60. The van der Waals surface area contributed by atoms with E-state index < -0.39 is 11.7 Å². The summed E-state index contributed by atoms with van der Waals surface area (Å²) in [7, 11) is 0. The van der Waals surface area contributed by atoms with Crippen molar-refractivity contribution in [2.24, 2.45) is 5.92 Å². The zero-order valence-electron chi connectivity index (χ0n) is 11.5. The molecule has 0 aromatic carbocycles. The lowest BCUT2D eigenvalue weighted by Gasteiger charge is -2.20. The second-order valence-electron chi connectivity index (χ2n) is 5.66. The first-order chi connectivity index (χ1) is 8.42. The van der Waals surface area contributed by atoms with Gasteiger partial charge in [0.2, 0.25) is 0 Å². The van der Waals surface area contributed by atoms with Crippen molar-refractivity contribution in [3.05, 3.63) is 0 Å². The van der Waals surface area contributed by atoms with Gasteiger partial charge in [0.05, 0.1) is 12.0 Å². The number of rotatable bonds is 4. The number of hydrogen-bond donors (Lipinski definition) is 2. The molecule has 1 saturated carbocycles. The number of carbonyl (C=O) groups excluding carboxylic acids is 1. The van der Waals surface area contributed by atoms with Crippen LogP contribution in [0.1, 0.15) is 40.0 Å². The van der Waals surface area contributed by atoms with Crippen LogP contribution in [0.5, 0.6) is 0 Å². The Kier molecular flexibility index (Phi) is 5.42. The molecule has 2 atom stereocenters. The van der Waals surface area contributed by atoms with Gasteiger partial charge < -0.3 is 15.4 Å². The van der Waals surface area contributed by atoms with E-state index in [1.165, 1.54) is 0 Å². The topological polar surface area (TPSA) is 74.2 Å². The average molecular weight is 253 g/mol. The average Bonchev–Trinajstić information content (AvgIpc) is 2.69. The first-order valence-electron chi connectivity index (χ1n) is 6.52. The van der Waals surface area contributed by atoms with E-state index in [2.05, 4.69) is 16.7 Å². The van der Waals surface area contributed by atoms with Gasteiger partial charge in [0.15, 0.2) is 0 Å². The highest BCUT2D eigenvalue weighted by Gasteiger charge is 2.26. The maximum absolute atomic E-state index is 11.4. The minimum absolute atomic E-state index is 0.117. The molecule has 2 N–H and O–H groups in total. The van der Waals surface area contributed by atoms with Gasteiger partial charge in [-0.1, -0.05) is 6.42 Å². The summed E-state index contributed by atoms with van der Waals surface area (Å²) < 4.78 is 5.12. The number of carbonyl (C=O) groups is 1. The van der Waals surface area contributed by atoms with Crippen LogP contribution < -0.4 is 10.6 Å². The van der Waals surface area contributed by atoms with Gasteiger partial charge in [-0.3, -0.25) is 0 Å². The van der Waals surface area contributed by atoms with Crippen molar-refractivity contribution in [3.63, 3.8) is 0 Å². The Morgan fingerprint density at radius 2 is 2.11 bits per heavy atom. The molecule has 18 heavy (non-hydrogen) atoms. The van der Waals surface area contributed by atoms with Crippen LogP contribution in [0.3, 0.4) is 0 Å². The van der Waals surface area contributed by atoms with Crippen molar-refractivity contribution in [2.45, 2.75) is 51.7 Å². The highest BCUT2D eigenvalue weighted by atomic mass is 16.6. The van der Waals surface area contributed by atoms with Crippen LogP contribution in [0.25, 0.3) is 0 Å². The second-order valence-corrected chi connectivity index (χ2v) is 5.66. The lowest BCUT2D eigenvalue weighted by Crippen LogP contribution is -2.40. The lowest BCUT2D eigenvalue weighted by atomic mass is 10.1. The van der Waals surface area contributed by atoms with E-state index in [-0.39, 0.29) is 12.0 Å². The normalized spacial score (nSPS) is 23.4. The van der Waals surface area contributed by atoms with E-state index in [0.29, 0.717) is 13.1 Å². The first-order valence-corrected chi connectivity index (χ1v) is 6.52. The summed E-state index contributed by atoms with van der Waals surface area (Å²) in [6.45, 7) is 6.69. The Labute approximate surface area is 109 Å². The summed E-state index contributed by atoms with van der Waals surface area (Å²) in [5, 5.41) is 14.9. The smallest absolute Gasteiger partial charge is 0.407 e. The van der Waals surface area contributed by atoms with E-state index in [1.54, 1.807) is 0 Å². The molecule has 0 heterocycles. The van der Waals surface area contributed by atoms with Crippen LogP contribution in [0.15, 0.2) is 0 Å². The third kappa shape index (κ3) is 5.37. The number of nitriles is 1. The Morgan fingerprint density at radius 1 is 1.39 bits per heavy atom. The molecule has 0 radical (unpaired) electrons. The molecule has 0 saturated heterocycles. The summed E-state index contributed by atoms with van der Waals surface area (Å²) in [5.74, 6) is 0.117. The zero-order valence-corrected chi connectivity index (χ0v) is 11.5. The minimum atomic E-state index is -0.463. The molecule has 5 heteroatoms. The molecule has 1 aliphatic rings. The monoisotopic (exact) mass is 253 g/mol. The SMILES string of the molecule is CC(C)(C)OC(=O)NCCNC1CCCC1C#N. The predicted molar refractivity (Wildman–Crippen MR) is 69.0 cm³/mol. The number of ether oxygens (including phenoxy) is 1. The summed E-state index contributed by atoms with van der Waals surface area (Å²) in [6, 6.07) is 2.59. The fourth-order valence-corrected chi connectivity index (χ4v) is 2.10. The summed E-state index contributed by atoms with van der Waals surface area (Å²) >= 11 is 0. The predicted octanol–water partition coefficient (Wildman–Crippen LogP) is 1.79. The van der Waals surface area contributed by atoms with Crippen molar-refractivity contribution < 1.29 is 9.53 Å². The third-order valence-electron chi connectivity index (χ3n) is 2.88. The van der Waals surface area contributed by atoms with Crippen molar-refractivity contribution in [1.29, 1.82) is 5.26 Å². The summed E-state index contributed by atoms with van der Waals surface area (Å²) in [4.78, 5) is 11.4. The molecule has 0 bridgehead atoms. The molecule has 1 rings (SSSR count). The molecular formula is C13H23N3O2. The molecule has 0 aromatic heterocycles. The van der Waals surface area contributed by atoms with Crippen LogP contribution in [0.2, 0.25) is 0 Å². The van der Waals surface area contributed by atoms with Crippen LogP contribution >= 0.6 is 0 Å². The summed E-state index contributed by atoms with van der Waals surface area (Å²) in [6.07, 6.45) is 2.74. The van der Waals surface area contributed by atoms with Gasteiger partial charge in [-0.25, -0.2) is 4.79 Å². The van der Waals surface area contributed by atoms with Gasteiger partial charge in [0.25, 0.3) is 0 Å². The molecule has 0 spiro atoms. The number of nitrogens with one attached hydrogen (secondary N) is 2. The van der Waals surface area contributed by atoms with Crippen molar-refractivity contribution in [2.75, 3.05) is 13.1 Å². The fourth-order valence-electron chi connectivity index (χ4n) is 2.10. The van der Waals surface area contributed by atoms with Crippen molar-refractivity contribution in [3.8, 4) is 6.07 Å². The third-order valence-corrected chi connectivity index (χ3v) is 2.88. The van der Waals surface area contributed by atoms with Crippen LogP contribution in [-0.4, -0.2) is 30.8 Å². The number of hydrogen-bond acceptors (Lipinski definition) is 4. The quantitative estimate of drug-likeness (QED) is 0.749. The van der Waals surface area contributed by atoms with Crippen LogP contribution in [0.4, 0.5) is 4.79 Å². The molecule has 1 fully saturated rings. The highest BCUT2D eigenvalue weighted by molar-refractivity contribution is 5.67. The zero-order chi connectivity index (χ0) is 13.6. The van der Waals surface area contributed by atoms with Gasteiger partial charge >= 0.3 is 6.09 Å². The Hall–Kier alpha value is -1.28. The van der Waals surface area contributed by atoms with E-state index in [4.69, 9.17) is 10.00 Å². The Balaban J connectivity index is 2.12. The lowest BCUT2D eigenvalue weighted by molar-refractivity contribution is 0.0528.